The lowest BCUT2D eigenvalue weighted by Crippen LogP contribution is -2.57. The average molecular weight is 330 g/mol. The van der Waals surface area contributed by atoms with Crippen LogP contribution in [0, 0.1) is 0 Å². The fraction of sp³-hybridized carbons (Fsp3) is 0.737. The molecule has 0 bridgehead atoms. The third-order valence-corrected chi connectivity index (χ3v) is 6.23. The number of carbonyl (C=O) groups excluding carboxylic acids is 3. The number of hydrogen-bond acceptors (Lipinski definition) is 3. The van der Waals surface area contributed by atoms with Crippen LogP contribution >= 0.6 is 0 Å². The van der Waals surface area contributed by atoms with E-state index in [1.165, 1.54) is 25.7 Å². The Hall–Kier alpha value is -1.65. The molecule has 0 spiro atoms. The van der Waals surface area contributed by atoms with Crippen molar-refractivity contribution in [1.29, 1.82) is 0 Å². The van der Waals surface area contributed by atoms with Gasteiger partial charge in [0.25, 0.3) is 11.7 Å². The van der Waals surface area contributed by atoms with Gasteiger partial charge in [0, 0.05) is 24.2 Å². The first kappa shape index (κ1) is 15.9. The summed E-state index contributed by atoms with van der Waals surface area (Å²) in [5.74, 6) is -0.818. The quantitative estimate of drug-likeness (QED) is 0.444. The molecule has 4 rings (SSSR count). The highest BCUT2D eigenvalue weighted by atomic mass is 16.2. The maximum atomic E-state index is 12.9. The van der Waals surface area contributed by atoms with E-state index in [-0.39, 0.29) is 11.9 Å². The lowest BCUT2D eigenvalue weighted by Gasteiger charge is -2.41. The molecule has 5 nitrogen and oxygen atoms in total. The number of hydrogen-bond donors (Lipinski definition) is 0. The van der Waals surface area contributed by atoms with Crippen LogP contribution in [0.4, 0.5) is 0 Å². The van der Waals surface area contributed by atoms with Crippen LogP contribution in [0.15, 0.2) is 11.3 Å². The highest BCUT2D eigenvalue weighted by Gasteiger charge is 2.49. The molecule has 4 fully saturated rings. The van der Waals surface area contributed by atoms with Crippen LogP contribution in [-0.4, -0.2) is 46.0 Å². The minimum absolute atomic E-state index is 0.0126. The van der Waals surface area contributed by atoms with Crippen LogP contribution in [0.5, 0.6) is 0 Å². The van der Waals surface area contributed by atoms with Crippen LogP contribution in [0.25, 0.3) is 0 Å². The molecule has 130 valence electrons. The van der Waals surface area contributed by atoms with Crippen LogP contribution in [0.2, 0.25) is 0 Å². The lowest BCUT2D eigenvalue weighted by atomic mass is 9.88. The van der Waals surface area contributed by atoms with Gasteiger partial charge in [-0.25, -0.2) is 0 Å². The van der Waals surface area contributed by atoms with Crippen molar-refractivity contribution in [2.24, 2.45) is 0 Å². The van der Waals surface area contributed by atoms with E-state index in [0.29, 0.717) is 30.3 Å². The predicted octanol–water partition coefficient (Wildman–Crippen LogP) is 2.55. The Morgan fingerprint density at radius 2 is 1.29 bits per heavy atom. The molecule has 2 amide bonds. The highest BCUT2D eigenvalue weighted by molar-refractivity contribution is 6.51. The number of amides is 2. The second-order valence-corrected chi connectivity index (χ2v) is 7.66. The third kappa shape index (κ3) is 2.49. The van der Waals surface area contributed by atoms with Crippen LogP contribution in [0.3, 0.4) is 0 Å². The molecule has 2 aliphatic carbocycles. The van der Waals surface area contributed by atoms with E-state index < -0.39 is 11.7 Å². The van der Waals surface area contributed by atoms with Crippen molar-refractivity contribution >= 4 is 17.6 Å². The molecule has 2 heterocycles. The maximum Gasteiger partial charge on any atom is 0.301 e. The monoisotopic (exact) mass is 330 g/mol. The summed E-state index contributed by atoms with van der Waals surface area (Å²) in [7, 11) is 0. The molecule has 0 N–H and O–H groups in total. The van der Waals surface area contributed by atoms with Gasteiger partial charge in [-0.2, -0.15) is 0 Å². The van der Waals surface area contributed by atoms with Gasteiger partial charge in [0.1, 0.15) is 5.70 Å². The standard InChI is InChI=1S/C19H26N2O3/c22-17-16(21(19(17)24)14-9-5-2-6-10-14)15-11-12-20(18(15)23)13-7-3-1-4-8-13/h13-14H,1-12H2. The number of likely N-dealkylation sites (tertiary alicyclic amines) is 2. The number of rotatable bonds is 2. The molecular weight excluding hydrogens is 304 g/mol. The Morgan fingerprint density at radius 1 is 0.708 bits per heavy atom. The smallest absolute Gasteiger partial charge is 0.301 e. The van der Waals surface area contributed by atoms with Crippen molar-refractivity contribution in [3.05, 3.63) is 11.3 Å². The molecule has 2 aliphatic heterocycles. The van der Waals surface area contributed by atoms with E-state index in [0.717, 1.165) is 38.5 Å². The number of nitrogens with zero attached hydrogens (tertiary/aromatic N) is 2. The average Bonchev–Trinajstić information content (AvgIpc) is 3.01. The van der Waals surface area contributed by atoms with Crippen molar-refractivity contribution in [3.63, 3.8) is 0 Å². The van der Waals surface area contributed by atoms with E-state index in [1.54, 1.807) is 4.90 Å². The second-order valence-electron chi connectivity index (χ2n) is 7.66. The van der Waals surface area contributed by atoms with Crippen LogP contribution < -0.4 is 0 Å². The van der Waals surface area contributed by atoms with E-state index in [4.69, 9.17) is 0 Å². The molecule has 0 radical (unpaired) electrons. The summed E-state index contributed by atoms with van der Waals surface area (Å²) in [5, 5.41) is 0. The Labute approximate surface area is 143 Å². The lowest BCUT2D eigenvalue weighted by molar-refractivity contribution is -0.152. The van der Waals surface area contributed by atoms with Gasteiger partial charge in [-0.3, -0.25) is 19.3 Å². The predicted molar refractivity (Wildman–Crippen MR) is 89.0 cm³/mol. The number of β-lactam (4-membered cyclic amide) rings is 1. The SMILES string of the molecule is O=C1C(=O)N(C2CCCCC2)C1=C1CCN(C2CCCCC2)C1=O. The first-order chi connectivity index (χ1) is 11.7. The molecule has 24 heavy (non-hydrogen) atoms. The fourth-order valence-corrected chi connectivity index (χ4v) is 4.91. The van der Waals surface area contributed by atoms with Crippen molar-refractivity contribution < 1.29 is 14.4 Å². The van der Waals surface area contributed by atoms with Crippen LogP contribution in [-0.2, 0) is 14.4 Å². The maximum absolute atomic E-state index is 12.9. The topological polar surface area (TPSA) is 57.7 Å². The molecule has 0 atom stereocenters. The summed E-state index contributed by atoms with van der Waals surface area (Å²) >= 11 is 0. The molecule has 0 aromatic rings. The Bertz CT molecular complexity index is 598. The Kier molecular flexibility index (Phi) is 4.19. The normalized spacial score (nSPS) is 30.2. The van der Waals surface area contributed by atoms with Crippen LogP contribution in [0.1, 0.15) is 70.6 Å². The van der Waals surface area contributed by atoms with Gasteiger partial charge < -0.3 is 4.90 Å². The van der Waals surface area contributed by atoms with Gasteiger partial charge in [-0.1, -0.05) is 38.5 Å². The zero-order chi connectivity index (χ0) is 16.7. The summed E-state index contributed by atoms with van der Waals surface area (Å²) < 4.78 is 0. The molecule has 5 heteroatoms. The number of Topliss-reactive ketones (excluding diaryl/α,β-unsaturated/α-hetero) is 1. The minimum atomic E-state index is -0.436. The molecular formula is C19H26N2O3. The molecule has 0 aromatic heterocycles. The Balaban J connectivity index is 1.56. The van der Waals surface area contributed by atoms with Crippen molar-refractivity contribution in [2.45, 2.75) is 82.7 Å². The summed E-state index contributed by atoms with van der Waals surface area (Å²) in [4.78, 5) is 40.9. The highest BCUT2D eigenvalue weighted by Crippen LogP contribution is 2.37. The van der Waals surface area contributed by atoms with Gasteiger partial charge in [-0.15, -0.1) is 0 Å². The third-order valence-electron chi connectivity index (χ3n) is 6.23. The van der Waals surface area contributed by atoms with Gasteiger partial charge >= 0.3 is 5.91 Å². The van der Waals surface area contributed by atoms with Crippen molar-refractivity contribution in [1.82, 2.24) is 9.80 Å². The summed E-state index contributed by atoms with van der Waals surface area (Å²) in [5.41, 5.74) is 1.05. The number of carbonyl (C=O) groups is 3. The van der Waals surface area contributed by atoms with Crippen molar-refractivity contribution in [2.75, 3.05) is 6.54 Å². The van der Waals surface area contributed by atoms with E-state index in [9.17, 15) is 14.4 Å². The largest absolute Gasteiger partial charge is 0.336 e. The van der Waals surface area contributed by atoms with Gasteiger partial charge in [0.15, 0.2) is 0 Å². The molecule has 2 saturated carbocycles. The summed E-state index contributed by atoms with van der Waals surface area (Å²) in [6.07, 6.45) is 11.7. The molecule has 4 aliphatic rings. The van der Waals surface area contributed by atoms with E-state index in [1.807, 2.05) is 4.90 Å². The van der Waals surface area contributed by atoms with Gasteiger partial charge in [0.2, 0.25) is 0 Å². The van der Waals surface area contributed by atoms with E-state index >= 15 is 0 Å². The first-order valence-corrected chi connectivity index (χ1v) is 9.60. The summed E-state index contributed by atoms with van der Waals surface area (Å²) in [6.45, 7) is 0.711. The zero-order valence-corrected chi connectivity index (χ0v) is 14.3. The second kappa shape index (κ2) is 6.34. The molecule has 0 unspecified atom stereocenters. The summed E-state index contributed by atoms with van der Waals surface area (Å²) in [6, 6.07) is 0.460. The van der Waals surface area contributed by atoms with Gasteiger partial charge in [0.05, 0.1) is 0 Å². The zero-order valence-electron chi connectivity index (χ0n) is 14.3. The Morgan fingerprint density at radius 3 is 1.92 bits per heavy atom. The van der Waals surface area contributed by atoms with E-state index in [2.05, 4.69) is 0 Å². The number of ketones is 1. The van der Waals surface area contributed by atoms with Crippen molar-refractivity contribution in [3.8, 4) is 0 Å². The first-order valence-electron chi connectivity index (χ1n) is 9.60. The fourth-order valence-electron chi connectivity index (χ4n) is 4.91. The minimum Gasteiger partial charge on any atom is -0.336 e. The van der Waals surface area contributed by atoms with Gasteiger partial charge in [-0.05, 0) is 32.1 Å². The molecule has 0 aromatic carbocycles. The molecule has 2 saturated heterocycles.